The predicted molar refractivity (Wildman–Crippen MR) is 52.6 cm³/mol. The van der Waals surface area contributed by atoms with E-state index in [-0.39, 0.29) is 0 Å². The van der Waals surface area contributed by atoms with Gasteiger partial charge in [0, 0.05) is 0 Å². The number of fused-ring (bicyclic) bond motifs is 2. The molecule has 0 spiro atoms. The summed E-state index contributed by atoms with van der Waals surface area (Å²) in [6.45, 7) is 4.92. The zero-order valence-electron chi connectivity index (χ0n) is 7.64. The van der Waals surface area contributed by atoms with Gasteiger partial charge in [-0.05, 0) is 48.8 Å². The van der Waals surface area contributed by atoms with Gasteiger partial charge in [-0.3, -0.25) is 0 Å². The molecule has 1 aliphatic heterocycles. The zero-order valence-corrected chi connectivity index (χ0v) is 8.64. The molecular formula is C10H19P. The van der Waals surface area contributed by atoms with Gasteiger partial charge < -0.3 is 0 Å². The van der Waals surface area contributed by atoms with Crippen LogP contribution in [0.1, 0.15) is 33.1 Å². The summed E-state index contributed by atoms with van der Waals surface area (Å²) >= 11 is 0. The van der Waals surface area contributed by atoms with E-state index in [0.29, 0.717) is 0 Å². The summed E-state index contributed by atoms with van der Waals surface area (Å²) in [7, 11) is 1.29. The summed E-state index contributed by atoms with van der Waals surface area (Å²) in [6, 6.07) is 0. The maximum atomic E-state index is 2.46. The Kier molecular flexibility index (Phi) is 2.23. The van der Waals surface area contributed by atoms with Gasteiger partial charge in [0.05, 0.1) is 0 Å². The summed E-state index contributed by atoms with van der Waals surface area (Å²) < 4.78 is 0. The molecule has 1 saturated heterocycles. The first-order chi connectivity index (χ1) is 5.27. The van der Waals surface area contributed by atoms with E-state index in [0.717, 1.165) is 23.4 Å². The Labute approximate surface area is 71.9 Å². The number of hydrogen-bond acceptors (Lipinski definition) is 0. The van der Waals surface area contributed by atoms with Crippen LogP contribution in [0, 0.1) is 17.8 Å². The quantitative estimate of drug-likeness (QED) is 0.490. The maximum Gasteiger partial charge on any atom is -0.0208 e. The van der Waals surface area contributed by atoms with Crippen molar-refractivity contribution in [3.05, 3.63) is 0 Å². The Balaban J connectivity index is 2.02. The van der Waals surface area contributed by atoms with Crippen LogP contribution in [0.2, 0.25) is 0 Å². The van der Waals surface area contributed by atoms with Crippen molar-refractivity contribution in [3.8, 4) is 0 Å². The summed E-state index contributed by atoms with van der Waals surface area (Å²) in [6.07, 6.45) is 6.16. The summed E-state index contributed by atoms with van der Waals surface area (Å²) in [4.78, 5) is 0. The van der Waals surface area contributed by atoms with Crippen molar-refractivity contribution in [1.82, 2.24) is 0 Å². The van der Waals surface area contributed by atoms with Crippen LogP contribution < -0.4 is 0 Å². The van der Waals surface area contributed by atoms with Crippen molar-refractivity contribution in [2.24, 2.45) is 17.8 Å². The highest BCUT2D eigenvalue weighted by atomic mass is 31.1. The normalized spacial score (nSPS) is 52.9. The van der Waals surface area contributed by atoms with E-state index in [1.807, 2.05) is 0 Å². The minimum atomic E-state index is 1.05. The molecule has 0 amide bonds. The lowest BCUT2D eigenvalue weighted by Crippen LogP contribution is -2.33. The van der Waals surface area contributed by atoms with Gasteiger partial charge in [0.25, 0.3) is 0 Å². The third kappa shape index (κ3) is 1.47. The molecule has 1 aliphatic carbocycles. The number of rotatable bonds is 0. The van der Waals surface area contributed by atoms with Gasteiger partial charge in [-0.2, -0.15) is 0 Å². The van der Waals surface area contributed by atoms with Crippen LogP contribution in [-0.4, -0.2) is 11.8 Å². The largest absolute Gasteiger partial charge is 0.118 e. The van der Waals surface area contributed by atoms with E-state index >= 15 is 0 Å². The average molecular weight is 170 g/mol. The summed E-state index contributed by atoms with van der Waals surface area (Å²) in [5, 5.41) is 0. The lowest BCUT2D eigenvalue weighted by molar-refractivity contribution is 0.229. The van der Waals surface area contributed by atoms with Gasteiger partial charge in [-0.25, -0.2) is 0 Å². The molecule has 2 bridgehead atoms. The summed E-state index contributed by atoms with van der Waals surface area (Å²) in [5.41, 5.74) is 1.13. The molecule has 0 nitrogen and oxygen atoms in total. The van der Waals surface area contributed by atoms with Gasteiger partial charge in [-0.1, -0.05) is 13.8 Å². The van der Waals surface area contributed by atoms with Crippen molar-refractivity contribution in [2.45, 2.75) is 38.8 Å². The molecule has 5 atom stereocenters. The monoisotopic (exact) mass is 170 g/mol. The van der Waals surface area contributed by atoms with Gasteiger partial charge in [0.1, 0.15) is 0 Å². The Morgan fingerprint density at radius 3 is 2.73 bits per heavy atom. The molecule has 1 heteroatoms. The van der Waals surface area contributed by atoms with Crippen LogP contribution >= 0.6 is 8.58 Å². The first-order valence-corrected chi connectivity index (χ1v) is 6.29. The van der Waals surface area contributed by atoms with E-state index in [4.69, 9.17) is 0 Å². The van der Waals surface area contributed by atoms with Gasteiger partial charge in [-0.15, -0.1) is 8.58 Å². The highest BCUT2D eigenvalue weighted by Gasteiger charge is 2.34. The van der Waals surface area contributed by atoms with Crippen LogP contribution in [0.4, 0.5) is 0 Å². The summed E-state index contributed by atoms with van der Waals surface area (Å²) in [5.74, 6) is 3.21. The Morgan fingerprint density at radius 2 is 1.91 bits per heavy atom. The SMILES string of the molecule is CC1CP[C@H]2C[C@@H]1CC[C@@H]2C. The van der Waals surface area contributed by atoms with Gasteiger partial charge in [0.15, 0.2) is 0 Å². The molecule has 11 heavy (non-hydrogen) atoms. The topological polar surface area (TPSA) is 0 Å². The highest BCUT2D eigenvalue weighted by Crippen LogP contribution is 2.48. The standard InChI is InChI=1S/C10H19P/c1-7-3-4-9-5-10(7)11-6-8(9)2/h7-11H,3-6H2,1-2H3/t7-,8?,9-,10-/m0/s1. The molecule has 0 aromatic rings. The van der Waals surface area contributed by atoms with Crippen LogP contribution in [0.5, 0.6) is 0 Å². The van der Waals surface area contributed by atoms with Crippen LogP contribution in [-0.2, 0) is 0 Å². The maximum absolute atomic E-state index is 2.46. The highest BCUT2D eigenvalue weighted by molar-refractivity contribution is 7.39. The third-order valence-electron chi connectivity index (χ3n) is 3.74. The first-order valence-electron chi connectivity index (χ1n) is 5.00. The molecule has 0 aromatic carbocycles. The molecule has 0 radical (unpaired) electrons. The fourth-order valence-electron chi connectivity index (χ4n) is 2.66. The molecule has 64 valence electrons. The predicted octanol–water partition coefficient (Wildman–Crippen LogP) is 3.12. The molecule has 0 N–H and O–H groups in total. The lowest BCUT2D eigenvalue weighted by atomic mass is 9.77. The van der Waals surface area contributed by atoms with Gasteiger partial charge in [0.2, 0.25) is 0 Å². The second-order valence-electron chi connectivity index (χ2n) is 4.54. The van der Waals surface area contributed by atoms with E-state index in [1.54, 1.807) is 12.6 Å². The zero-order chi connectivity index (χ0) is 7.84. The fourth-order valence-corrected chi connectivity index (χ4v) is 4.71. The Morgan fingerprint density at radius 1 is 1.09 bits per heavy atom. The lowest BCUT2D eigenvalue weighted by Gasteiger charge is -2.42. The van der Waals surface area contributed by atoms with Crippen molar-refractivity contribution in [1.29, 1.82) is 0 Å². The Bertz CT molecular complexity index is 128. The molecule has 2 unspecified atom stereocenters. The van der Waals surface area contributed by atoms with E-state index in [2.05, 4.69) is 13.8 Å². The van der Waals surface area contributed by atoms with Gasteiger partial charge >= 0.3 is 0 Å². The number of hydrogen-bond donors (Lipinski definition) is 0. The molecular weight excluding hydrogens is 151 g/mol. The van der Waals surface area contributed by atoms with Crippen LogP contribution in [0.15, 0.2) is 0 Å². The minimum Gasteiger partial charge on any atom is -0.118 e. The molecule has 0 aromatic heterocycles. The second-order valence-corrected chi connectivity index (χ2v) is 6.10. The van der Waals surface area contributed by atoms with Crippen molar-refractivity contribution >= 4 is 8.58 Å². The average Bonchev–Trinajstić information content (AvgIpc) is 2.02. The van der Waals surface area contributed by atoms with E-state index in [1.165, 1.54) is 21.4 Å². The second kappa shape index (κ2) is 3.05. The van der Waals surface area contributed by atoms with Crippen molar-refractivity contribution in [2.75, 3.05) is 6.16 Å². The van der Waals surface area contributed by atoms with Crippen molar-refractivity contribution < 1.29 is 0 Å². The molecule has 2 aliphatic rings. The van der Waals surface area contributed by atoms with Crippen LogP contribution in [0.25, 0.3) is 0 Å². The molecule has 1 saturated carbocycles. The fraction of sp³-hybridized carbons (Fsp3) is 1.00. The smallest absolute Gasteiger partial charge is 0.0208 e. The van der Waals surface area contributed by atoms with Crippen LogP contribution in [0.3, 0.4) is 0 Å². The first kappa shape index (κ1) is 8.05. The van der Waals surface area contributed by atoms with E-state index < -0.39 is 0 Å². The third-order valence-corrected chi connectivity index (χ3v) is 5.95. The minimum absolute atomic E-state index is 1.05. The molecule has 2 rings (SSSR count). The van der Waals surface area contributed by atoms with E-state index in [9.17, 15) is 0 Å². The van der Waals surface area contributed by atoms with Crippen molar-refractivity contribution in [3.63, 3.8) is 0 Å². The molecule has 2 fully saturated rings. The molecule has 1 heterocycles. The Hall–Kier alpha value is 0.430.